The van der Waals surface area contributed by atoms with Crippen LogP contribution in [-0.4, -0.2) is 60.1 Å². The molecule has 4 rings (SSSR count). The lowest BCUT2D eigenvalue weighted by Crippen LogP contribution is -2.46. The Morgan fingerprint density at radius 2 is 1.62 bits per heavy atom. The van der Waals surface area contributed by atoms with Crippen molar-refractivity contribution in [2.45, 2.75) is 27.3 Å². The second-order valence-electron chi connectivity index (χ2n) is 8.99. The van der Waals surface area contributed by atoms with Crippen molar-refractivity contribution in [3.63, 3.8) is 0 Å². The van der Waals surface area contributed by atoms with Crippen LogP contribution in [0.2, 0.25) is 0 Å². The predicted molar refractivity (Wildman–Crippen MR) is 139 cm³/mol. The lowest BCUT2D eigenvalue weighted by Gasteiger charge is -2.36. The quantitative estimate of drug-likeness (QED) is 0.532. The van der Waals surface area contributed by atoms with Crippen LogP contribution in [0.1, 0.15) is 35.3 Å². The molecule has 1 N–H and O–H groups in total. The Bertz CT molecular complexity index is 1110. The van der Waals surface area contributed by atoms with Crippen molar-refractivity contribution in [2.75, 3.05) is 44.2 Å². The number of aryl methyl sites for hydroxylation is 1. The Hall–Kier alpha value is -3.31. The van der Waals surface area contributed by atoms with E-state index in [2.05, 4.69) is 47.1 Å². The van der Waals surface area contributed by atoms with E-state index in [1.54, 1.807) is 6.07 Å². The summed E-state index contributed by atoms with van der Waals surface area (Å²) >= 11 is 0. The van der Waals surface area contributed by atoms with Gasteiger partial charge in [-0.05, 0) is 79.4 Å². The molecule has 1 heterocycles. The normalized spacial score (nSPS) is 14.3. The molecule has 1 amide bonds. The summed E-state index contributed by atoms with van der Waals surface area (Å²) < 4.78 is 0. The lowest BCUT2D eigenvalue weighted by atomic mass is 9.98. The molecule has 1 fully saturated rings. The summed E-state index contributed by atoms with van der Waals surface area (Å²) in [6.45, 7) is 12.5. The van der Waals surface area contributed by atoms with Crippen LogP contribution in [0.5, 0.6) is 5.75 Å². The molecule has 3 aromatic rings. The Balaban J connectivity index is 1.33. The molecule has 0 bridgehead atoms. The van der Waals surface area contributed by atoms with Crippen molar-refractivity contribution in [3.05, 3.63) is 83.4 Å². The number of carbonyl (C=O) groups excluding carboxylic acids is 1. The number of rotatable bonds is 7. The van der Waals surface area contributed by atoms with Crippen LogP contribution in [0.25, 0.3) is 11.1 Å². The number of phenolic OH excluding ortho intramolecular Hbond substituents is 1. The molecule has 0 radical (unpaired) electrons. The van der Waals surface area contributed by atoms with E-state index in [0.29, 0.717) is 5.75 Å². The molecule has 1 saturated heterocycles. The summed E-state index contributed by atoms with van der Waals surface area (Å²) in [5, 5.41) is 9.79. The molecule has 1 aliphatic heterocycles. The van der Waals surface area contributed by atoms with Gasteiger partial charge in [0.25, 0.3) is 5.91 Å². The van der Waals surface area contributed by atoms with Crippen LogP contribution in [0.3, 0.4) is 0 Å². The van der Waals surface area contributed by atoms with Crippen molar-refractivity contribution >= 4 is 11.6 Å². The fraction of sp³-hybridized carbons (Fsp3) is 0.345. The molecule has 0 spiro atoms. The van der Waals surface area contributed by atoms with Crippen LogP contribution >= 0.6 is 0 Å². The van der Waals surface area contributed by atoms with Crippen LogP contribution < -0.4 is 4.90 Å². The maximum absolute atomic E-state index is 12.5. The van der Waals surface area contributed by atoms with Crippen molar-refractivity contribution in [2.24, 2.45) is 0 Å². The summed E-state index contributed by atoms with van der Waals surface area (Å²) in [6.07, 6.45) is 0. The zero-order chi connectivity index (χ0) is 24.1. The van der Waals surface area contributed by atoms with E-state index >= 15 is 0 Å². The predicted octanol–water partition coefficient (Wildman–Crippen LogP) is 5.17. The zero-order valence-corrected chi connectivity index (χ0v) is 20.5. The molecule has 34 heavy (non-hydrogen) atoms. The SMILES string of the molecule is CCN(CC)C(=O)c1ccc(N2CCN(Cc3ccc(-c4cccc(O)c4)c(C)c3)CC2)cc1. The van der Waals surface area contributed by atoms with E-state index in [9.17, 15) is 9.90 Å². The summed E-state index contributed by atoms with van der Waals surface area (Å²) in [6, 6.07) is 22.1. The average Bonchev–Trinajstić information content (AvgIpc) is 2.85. The molecule has 5 nitrogen and oxygen atoms in total. The van der Waals surface area contributed by atoms with Gasteiger partial charge in [-0.25, -0.2) is 0 Å². The maximum Gasteiger partial charge on any atom is 0.253 e. The van der Waals surface area contributed by atoms with Gasteiger partial charge in [0.1, 0.15) is 5.75 Å². The Labute approximate surface area is 203 Å². The molecule has 0 aliphatic carbocycles. The Kier molecular flexibility index (Phi) is 7.53. The first-order valence-corrected chi connectivity index (χ1v) is 12.2. The van der Waals surface area contributed by atoms with Gasteiger partial charge in [-0.1, -0.05) is 30.3 Å². The van der Waals surface area contributed by atoms with Gasteiger partial charge in [0, 0.05) is 57.1 Å². The Morgan fingerprint density at radius 3 is 2.24 bits per heavy atom. The third-order valence-electron chi connectivity index (χ3n) is 6.76. The number of anilines is 1. The average molecular weight is 458 g/mol. The minimum Gasteiger partial charge on any atom is -0.508 e. The molecule has 3 aromatic carbocycles. The molecule has 5 heteroatoms. The van der Waals surface area contributed by atoms with Crippen molar-refractivity contribution in [3.8, 4) is 16.9 Å². The number of nitrogens with zero attached hydrogens (tertiary/aromatic N) is 3. The molecule has 0 atom stereocenters. The molecular formula is C29H35N3O2. The van der Waals surface area contributed by atoms with Gasteiger partial charge in [0.2, 0.25) is 0 Å². The molecule has 0 aromatic heterocycles. The van der Waals surface area contributed by atoms with Crippen LogP contribution in [0.4, 0.5) is 5.69 Å². The minimum absolute atomic E-state index is 0.103. The molecular weight excluding hydrogens is 422 g/mol. The van der Waals surface area contributed by atoms with Gasteiger partial charge in [0.05, 0.1) is 0 Å². The number of carbonyl (C=O) groups is 1. The maximum atomic E-state index is 12.5. The largest absolute Gasteiger partial charge is 0.508 e. The Morgan fingerprint density at radius 1 is 0.912 bits per heavy atom. The number of phenols is 1. The molecule has 0 unspecified atom stereocenters. The third-order valence-corrected chi connectivity index (χ3v) is 6.76. The summed E-state index contributed by atoms with van der Waals surface area (Å²) in [7, 11) is 0. The number of benzene rings is 3. The summed E-state index contributed by atoms with van der Waals surface area (Å²) in [5.74, 6) is 0.399. The van der Waals surface area contributed by atoms with E-state index in [1.807, 2.05) is 49.1 Å². The summed E-state index contributed by atoms with van der Waals surface area (Å²) in [5.41, 5.74) is 6.68. The van der Waals surface area contributed by atoms with Crippen molar-refractivity contribution in [1.29, 1.82) is 0 Å². The van der Waals surface area contributed by atoms with E-state index in [4.69, 9.17) is 0 Å². The monoisotopic (exact) mass is 457 g/mol. The van der Waals surface area contributed by atoms with Crippen molar-refractivity contribution in [1.82, 2.24) is 9.80 Å². The number of hydrogen-bond donors (Lipinski definition) is 1. The molecule has 0 saturated carbocycles. The second kappa shape index (κ2) is 10.7. The van der Waals surface area contributed by atoms with Gasteiger partial charge in [0.15, 0.2) is 0 Å². The fourth-order valence-corrected chi connectivity index (χ4v) is 4.75. The highest BCUT2D eigenvalue weighted by Crippen LogP contribution is 2.27. The minimum atomic E-state index is 0.103. The van der Waals surface area contributed by atoms with Gasteiger partial charge < -0.3 is 14.9 Å². The van der Waals surface area contributed by atoms with Gasteiger partial charge in [-0.2, -0.15) is 0 Å². The first-order chi connectivity index (χ1) is 16.5. The standard InChI is InChI=1S/C29H35N3O2/c1-4-31(5-2)29(34)24-10-12-26(13-11-24)32-17-15-30(16-18-32)21-23-9-14-28(22(3)19-23)25-7-6-8-27(33)20-25/h6-14,19-20,33H,4-5,15-18,21H2,1-3H3. The smallest absolute Gasteiger partial charge is 0.253 e. The highest BCUT2D eigenvalue weighted by molar-refractivity contribution is 5.94. The highest BCUT2D eigenvalue weighted by Gasteiger charge is 2.19. The summed E-state index contributed by atoms with van der Waals surface area (Å²) in [4.78, 5) is 19.3. The van der Waals surface area contributed by atoms with Crippen molar-refractivity contribution < 1.29 is 9.90 Å². The zero-order valence-electron chi connectivity index (χ0n) is 20.5. The van der Waals surface area contributed by atoms with E-state index in [1.165, 1.54) is 16.8 Å². The number of hydrogen-bond acceptors (Lipinski definition) is 4. The molecule has 178 valence electrons. The van der Waals surface area contributed by atoms with E-state index < -0.39 is 0 Å². The second-order valence-corrected chi connectivity index (χ2v) is 8.99. The van der Waals surface area contributed by atoms with Crippen LogP contribution in [0.15, 0.2) is 66.7 Å². The number of amides is 1. The first-order valence-electron chi connectivity index (χ1n) is 12.2. The van der Waals surface area contributed by atoms with E-state index in [0.717, 1.165) is 62.5 Å². The highest BCUT2D eigenvalue weighted by atomic mass is 16.3. The third kappa shape index (κ3) is 5.42. The van der Waals surface area contributed by atoms with E-state index in [-0.39, 0.29) is 5.91 Å². The topological polar surface area (TPSA) is 47.0 Å². The fourth-order valence-electron chi connectivity index (χ4n) is 4.75. The number of aromatic hydroxyl groups is 1. The van der Waals surface area contributed by atoms with Crippen LogP contribution in [-0.2, 0) is 6.54 Å². The van der Waals surface area contributed by atoms with Gasteiger partial charge in [-0.3, -0.25) is 9.69 Å². The first kappa shape index (κ1) is 23.8. The van der Waals surface area contributed by atoms with Gasteiger partial charge in [-0.15, -0.1) is 0 Å². The molecule has 1 aliphatic rings. The van der Waals surface area contributed by atoms with Crippen LogP contribution in [0, 0.1) is 6.92 Å². The van der Waals surface area contributed by atoms with Gasteiger partial charge >= 0.3 is 0 Å². The number of piperazine rings is 1. The lowest BCUT2D eigenvalue weighted by molar-refractivity contribution is 0.0773.